The van der Waals surface area contributed by atoms with Crippen molar-refractivity contribution in [1.29, 1.82) is 0 Å². The van der Waals surface area contributed by atoms with Crippen molar-refractivity contribution in [3.63, 3.8) is 0 Å². The van der Waals surface area contributed by atoms with E-state index in [1.807, 2.05) is 34.9 Å². The van der Waals surface area contributed by atoms with Crippen LogP contribution in [0.2, 0.25) is 0 Å². The molecule has 5 nitrogen and oxygen atoms in total. The van der Waals surface area contributed by atoms with E-state index >= 15 is 0 Å². The van der Waals surface area contributed by atoms with Crippen LogP contribution in [0.4, 0.5) is 0 Å². The largest absolute Gasteiger partial charge is 0.302 e. The van der Waals surface area contributed by atoms with Crippen molar-refractivity contribution in [2.45, 2.75) is 17.9 Å². The molecule has 0 fully saturated rings. The molecule has 22 heavy (non-hydrogen) atoms. The van der Waals surface area contributed by atoms with Crippen molar-refractivity contribution in [3.8, 4) is 0 Å². The van der Waals surface area contributed by atoms with Gasteiger partial charge in [0, 0.05) is 19.2 Å². The highest BCUT2D eigenvalue weighted by Gasteiger charge is 2.30. The lowest BCUT2D eigenvalue weighted by Crippen LogP contribution is -2.36. The molecule has 0 N–H and O–H groups in total. The Bertz CT molecular complexity index is 932. The van der Waals surface area contributed by atoms with Gasteiger partial charge in [-0.1, -0.05) is 24.3 Å². The summed E-state index contributed by atoms with van der Waals surface area (Å²) in [5.41, 5.74) is 2.82. The summed E-state index contributed by atoms with van der Waals surface area (Å²) < 4.78 is 29.0. The van der Waals surface area contributed by atoms with Gasteiger partial charge in [0.15, 0.2) is 0 Å². The zero-order chi connectivity index (χ0) is 15.2. The van der Waals surface area contributed by atoms with Gasteiger partial charge in [-0.05, 0) is 24.3 Å². The molecule has 0 amide bonds. The Hall–Kier alpha value is -2.18. The van der Waals surface area contributed by atoms with E-state index in [2.05, 4.69) is 4.98 Å². The van der Waals surface area contributed by atoms with Crippen LogP contribution in [0.5, 0.6) is 0 Å². The first-order valence-electron chi connectivity index (χ1n) is 7.16. The Morgan fingerprint density at radius 2 is 1.77 bits per heavy atom. The van der Waals surface area contributed by atoms with Gasteiger partial charge in [0.2, 0.25) is 10.0 Å². The highest BCUT2D eigenvalue weighted by atomic mass is 32.2. The first-order chi connectivity index (χ1) is 10.7. The van der Waals surface area contributed by atoms with E-state index in [1.54, 1.807) is 24.3 Å². The monoisotopic (exact) mass is 313 g/mol. The van der Waals surface area contributed by atoms with Crippen LogP contribution in [0.3, 0.4) is 0 Å². The molecular formula is C16H15N3O2S. The summed E-state index contributed by atoms with van der Waals surface area (Å²) in [5, 5.41) is 0. The molecular weight excluding hydrogens is 298 g/mol. The number of pyridine rings is 1. The molecule has 4 rings (SSSR count). The van der Waals surface area contributed by atoms with E-state index in [0.717, 1.165) is 17.0 Å². The van der Waals surface area contributed by atoms with Crippen LogP contribution in [-0.4, -0.2) is 28.7 Å². The zero-order valence-electron chi connectivity index (χ0n) is 11.9. The lowest BCUT2D eigenvalue weighted by atomic mass is 10.2. The van der Waals surface area contributed by atoms with Gasteiger partial charge in [0.1, 0.15) is 5.65 Å². The Kier molecular flexibility index (Phi) is 3.02. The van der Waals surface area contributed by atoms with E-state index in [1.165, 1.54) is 4.31 Å². The predicted molar refractivity (Wildman–Crippen MR) is 82.9 cm³/mol. The van der Waals surface area contributed by atoms with Gasteiger partial charge in [-0.3, -0.25) is 0 Å². The van der Waals surface area contributed by atoms with E-state index < -0.39 is 10.0 Å². The van der Waals surface area contributed by atoms with Crippen molar-refractivity contribution in [2.75, 3.05) is 6.54 Å². The number of hydrogen-bond donors (Lipinski definition) is 0. The van der Waals surface area contributed by atoms with Crippen LogP contribution in [-0.2, 0) is 23.0 Å². The molecule has 0 unspecified atom stereocenters. The molecule has 3 aromatic rings. The third-order valence-corrected chi connectivity index (χ3v) is 5.88. The molecule has 1 aliphatic rings. The van der Waals surface area contributed by atoms with Crippen molar-refractivity contribution in [3.05, 3.63) is 66.1 Å². The lowest BCUT2D eigenvalue weighted by Gasteiger charge is -2.26. The molecule has 1 aliphatic heterocycles. The fraction of sp³-hybridized carbons (Fsp3) is 0.188. The third-order valence-electron chi connectivity index (χ3n) is 4.02. The molecule has 112 valence electrons. The van der Waals surface area contributed by atoms with Crippen molar-refractivity contribution in [1.82, 2.24) is 13.7 Å². The molecule has 0 saturated heterocycles. The summed E-state index contributed by atoms with van der Waals surface area (Å²) in [7, 11) is -3.46. The van der Waals surface area contributed by atoms with E-state index in [9.17, 15) is 8.42 Å². The van der Waals surface area contributed by atoms with Crippen LogP contribution < -0.4 is 0 Å². The molecule has 0 radical (unpaired) electrons. The predicted octanol–water partition coefficient (Wildman–Crippen LogP) is 2.08. The fourth-order valence-electron chi connectivity index (χ4n) is 2.89. The Morgan fingerprint density at radius 3 is 2.59 bits per heavy atom. The maximum atomic E-state index is 12.8. The van der Waals surface area contributed by atoms with E-state index in [4.69, 9.17) is 0 Å². The van der Waals surface area contributed by atoms with Gasteiger partial charge in [0.05, 0.1) is 22.8 Å². The van der Waals surface area contributed by atoms with Crippen LogP contribution in [0, 0.1) is 0 Å². The number of imidazole rings is 1. The Balaban J connectivity index is 1.76. The second-order valence-electron chi connectivity index (χ2n) is 5.34. The number of sulfonamides is 1. The number of benzene rings is 1. The molecule has 3 heterocycles. The molecule has 1 aromatic carbocycles. The summed E-state index contributed by atoms with van der Waals surface area (Å²) in [4.78, 5) is 4.92. The maximum absolute atomic E-state index is 12.8. The summed E-state index contributed by atoms with van der Waals surface area (Å²) in [6.45, 7) is 0.825. The minimum absolute atomic E-state index is 0.340. The van der Waals surface area contributed by atoms with Crippen molar-refractivity contribution < 1.29 is 8.42 Å². The van der Waals surface area contributed by atoms with Gasteiger partial charge in [-0.25, -0.2) is 13.4 Å². The fourth-order valence-corrected chi connectivity index (χ4v) is 4.31. The average Bonchev–Trinajstić information content (AvgIpc) is 2.93. The SMILES string of the molecule is O=S(=O)(c1ccccc1)N1CCc2nc3ccccn3c2C1. The van der Waals surface area contributed by atoms with E-state index in [0.29, 0.717) is 24.4 Å². The van der Waals surface area contributed by atoms with Crippen LogP contribution in [0.25, 0.3) is 5.65 Å². The highest BCUT2D eigenvalue weighted by molar-refractivity contribution is 7.89. The topological polar surface area (TPSA) is 54.7 Å². The summed E-state index contributed by atoms with van der Waals surface area (Å²) in [6.07, 6.45) is 2.57. The van der Waals surface area contributed by atoms with E-state index in [-0.39, 0.29) is 0 Å². The number of fused-ring (bicyclic) bond motifs is 3. The summed E-state index contributed by atoms with van der Waals surface area (Å²) >= 11 is 0. The first kappa shape index (κ1) is 13.5. The van der Waals surface area contributed by atoms with Gasteiger partial charge < -0.3 is 4.40 Å². The van der Waals surface area contributed by atoms with Crippen LogP contribution in [0.1, 0.15) is 11.4 Å². The molecule has 0 spiro atoms. The highest BCUT2D eigenvalue weighted by Crippen LogP contribution is 2.25. The van der Waals surface area contributed by atoms with Crippen molar-refractivity contribution in [2.24, 2.45) is 0 Å². The lowest BCUT2D eigenvalue weighted by molar-refractivity contribution is 0.383. The van der Waals surface area contributed by atoms with Gasteiger partial charge in [-0.15, -0.1) is 0 Å². The standard InChI is InChI=1S/C16H15N3O2S/c20-22(21,13-6-2-1-3-7-13)18-11-9-14-15(12-18)19-10-5-4-8-16(19)17-14/h1-8,10H,9,11-12H2. The minimum Gasteiger partial charge on any atom is -0.302 e. The summed E-state index contributed by atoms with van der Waals surface area (Å²) in [6, 6.07) is 14.4. The number of hydrogen-bond acceptors (Lipinski definition) is 3. The number of rotatable bonds is 2. The van der Waals surface area contributed by atoms with Gasteiger partial charge >= 0.3 is 0 Å². The van der Waals surface area contributed by atoms with Crippen molar-refractivity contribution >= 4 is 15.7 Å². The molecule has 0 bridgehead atoms. The number of aromatic nitrogens is 2. The van der Waals surface area contributed by atoms with Crippen LogP contribution >= 0.6 is 0 Å². The second kappa shape index (κ2) is 4.93. The second-order valence-corrected chi connectivity index (χ2v) is 7.27. The van der Waals surface area contributed by atoms with Crippen LogP contribution in [0.15, 0.2) is 59.6 Å². The normalized spacial score (nSPS) is 15.8. The zero-order valence-corrected chi connectivity index (χ0v) is 12.7. The molecule has 0 atom stereocenters. The third kappa shape index (κ3) is 2.03. The van der Waals surface area contributed by atoms with Gasteiger partial charge in [-0.2, -0.15) is 4.31 Å². The smallest absolute Gasteiger partial charge is 0.243 e. The number of nitrogens with zero attached hydrogens (tertiary/aromatic N) is 3. The molecule has 0 aliphatic carbocycles. The quantitative estimate of drug-likeness (QED) is 0.728. The summed E-state index contributed by atoms with van der Waals surface area (Å²) in [5.74, 6) is 0. The molecule has 2 aromatic heterocycles. The maximum Gasteiger partial charge on any atom is 0.243 e. The Labute approximate surface area is 128 Å². The Morgan fingerprint density at radius 1 is 1.00 bits per heavy atom. The average molecular weight is 313 g/mol. The molecule has 0 saturated carbocycles. The molecule has 6 heteroatoms. The first-order valence-corrected chi connectivity index (χ1v) is 8.60. The van der Waals surface area contributed by atoms with Gasteiger partial charge in [0.25, 0.3) is 0 Å². The minimum atomic E-state index is -3.46.